The molecule has 0 aliphatic rings. The van der Waals surface area contributed by atoms with Gasteiger partial charge in [-0.05, 0) is 30.4 Å². The first-order valence-corrected chi connectivity index (χ1v) is 5.94. The summed E-state index contributed by atoms with van der Waals surface area (Å²) < 4.78 is 4.97. The third-order valence-corrected chi connectivity index (χ3v) is 2.85. The van der Waals surface area contributed by atoms with Gasteiger partial charge in [0, 0.05) is 13.0 Å². The average molecular weight is 253 g/mol. The van der Waals surface area contributed by atoms with Gasteiger partial charge in [0.1, 0.15) is 0 Å². The molecule has 5 nitrogen and oxygen atoms in total. The molecule has 18 heavy (non-hydrogen) atoms. The molecule has 0 spiro atoms. The van der Waals surface area contributed by atoms with E-state index in [1.54, 1.807) is 12.1 Å². The van der Waals surface area contributed by atoms with E-state index in [2.05, 4.69) is 5.32 Å². The number of aliphatic carboxylic acids is 1. The van der Waals surface area contributed by atoms with Gasteiger partial charge in [-0.2, -0.15) is 0 Å². The molecular weight excluding hydrogens is 234 g/mol. The van der Waals surface area contributed by atoms with Crippen molar-refractivity contribution in [2.75, 3.05) is 6.54 Å². The van der Waals surface area contributed by atoms with Crippen molar-refractivity contribution in [3.63, 3.8) is 0 Å². The van der Waals surface area contributed by atoms with E-state index < -0.39 is 5.97 Å². The van der Waals surface area contributed by atoms with Crippen LogP contribution in [-0.2, 0) is 4.79 Å². The standard InChI is InChI=1S/C13H19NO4/c1-13(2,6-5-11(15)16)7-8-14-12(17)10-4-3-9-18-10/h3-4,9H,5-8H2,1-2H3,(H,14,17)(H,15,16). The zero-order chi connectivity index (χ0) is 13.6. The van der Waals surface area contributed by atoms with Crippen molar-refractivity contribution in [1.82, 2.24) is 5.32 Å². The van der Waals surface area contributed by atoms with Crippen LogP contribution in [0.5, 0.6) is 0 Å². The van der Waals surface area contributed by atoms with Crippen LogP contribution in [0.3, 0.4) is 0 Å². The zero-order valence-corrected chi connectivity index (χ0v) is 10.7. The first-order chi connectivity index (χ1) is 8.41. The normalized spacial score (nSPS) is 11.2. The number of hydrogen-bond donors (Lipinski definition) is 2. The van der Waals surface area contributed by atoms with Gasteiger partial charge in [-0.1, -0.05) is 13.8 Å². The van der Waals surface area contributed by atoms with Crippen molar-refractivity contribution in [2.24, 2.45) is 5.41 Å². The lowest BCUT2D eigenvalue weighted by molar-refractivity contribution is -0.137. The highest BCUT2D eigenvalue weighted by atomic mass is 16.4. The van der Waals surface area contributed by atoms with Gasteiger partial charge in [-0.3, -0.25) is 9.59 Å². The molecular formula is C13H19NO4. The molecule has 0 bridgehead atoms. The second-order valence-electron chi connectivity index (χ2n) is 5.04. The molecule has 0 saturated carbocycles. The van der Waals surface area contributed by atoms with Crippen LogP contribution in [0.2, 0.25) is 0 Å². The zero-order valence-electron chi connectivity index (χ0n) is 10.7. The number of hydrogen-bond acceptors (Lipinski definition) is 3. The number of carbonyl (C=O) groups excluding carboxylic acids is 1. The Labute approximate surface area is 106 Å². The predicted molar refractivity (Wildman–Crippen MR) is 66.3 cm³/mol. The third kappa shape index (κ3) is 5.03. The number of carboxylic acids is 1. The van der Waals surface area contributed by atoms with Crippen LogP contribution in [0.15, 0.2) is 22.8 Å². The van der Waals surface area contributed by atoms with E-state index in [1.807, 2.05) is 13.8 Å². The van der Waals surface area contributed by atoms with E-state index in [0.717, 1.165) is 6.42 Å². The number of rotatable bonds is 7. The van der Waals surface area contributed by atoms with Gasteiger partial charge < -0.3 is 14.8 Å². The Morgan fingerprint density at radius 3 is 2.67 bits per heavy atom. The van der Waals surface area contributed by atoms with E-state index in [-0.39, 0.29) is 17.7 Å². The summed E-state index contributed by atoms with van der Waals surface area (Å²) >= 11 is 0. The van der Waals surface area contributed by atoms with Gasteiger partial charge in [0.2, 0.25) is 0 Å². The van der Waals surface area contributed by atoms with E-state index >= 15 is 0 Å². The first-order valence-electron chi connectivity index (χ1n) is 5.94. The summed E-state index contributed by atoms with van der Waals surface area (Å²) in [7, 11) is 0. The highest BCUT2D eigenvalue weighted by Crippen LogP contribution is 2.26. The van der Waals surface area contributed by atoms with Crippen LogP contribution in [0.25, 0.3) is 0 Å². The topological polar surface area (TPSA) is 79.5 Å². The molecule has 1 aromatic rings. The van der Waals surface area contributed by atoms with Gasteiger partial charge in [-0.15, -0.1) is 0 Å². The van der Waals surface area contributed by atoms with E-state index in [0.29, 0.717) is 18.7 Å². The highest BCUT2D eigenvalue weighted by Gasteiger charge is 2.19. The van der Waals surface area contributed by atoms with Crippen LogP contribution in [0, 0.1) is 5.41 Å². The van der Waals surface area contributed by atoms with E-state index in [9.17, 15) is 9.59 Å². The van der Waals surface area contributed by atoms with Crippen molar-refractivity contribution < 1.29 is 19.1 Å². The molecule has 0 saturated heterocycles. The maximum atomic E-state index is 11.6. The summed E-state index contributed by atoms with van der Waals surface area (Å²) in [5, 5.41) is 11.4. The summed E-state index contributed by atoms with van der Waals surface area (Å²) in [6.45, 7) is 4.50. The highest BCUT2D eigenvalue weighted by molar-refractivity contribution is 5.91. The molecule has 1 amide bonds. The Morgan fingerprint density at radius 1 is 1.39 bits per heavy atom. The quantitative estimate of drug-likeness (QED) is 0.781. The molecule has 1 aromatic heterocycles. The lowest BCUT2D eigenvalue weighted by Crippen LogP contribution is -2.28. The minimum atomic E-state index is -0.789. The SMILES string of the molecule is CC(C)(CCNC(=O)c1ccco1)CCC(=O)O. The molecule has 2 N–H and O–H groups in total. The molecule has 5 heteroatoms. The summed E-state index contributed by atoms with van der Waals surface area (Å²) in [5.41, 5.74) is -0.102. The number of amides is 1. The molecule has 0 fully saturated rings. The van der Waals surface area contributed by atoms with Crippen molar-refractivity contribution in [2.45, 2.75) is 33.1 Å². The van der Waals surface area contributed by atoms with Gasteiger partial charge in [0.25, 0.3) is 5.91 Å². The van der Waals surface area contributed by atoms with Gasteiger partial charge >= 0.3 is 5.97 Å². The maximum absolute atomic E-state index is 11.6. The van der Waals surface area contributed by atoms with Crippen LogP contribution >= 0.6 is 0 Å². The fourth-order valence-electron chi connectivity index (χ4n) is 1.58. The largest absolute Gasteiger partial charge is 0.481 e. The molecule has 0 aliphatic heterocycles. The van der Waals surface area contributed by atoms with Crippen molar-refractivity contribution in [1.29, 1.82) is 0 Å². The van der Waals surface area contributed by atoms with Gasteiger partial charge in [0.05, 0.1) is 6.26 Å². The summed E-state index contributed by atoms with van der Waals surface area (Å²) in [6, 6.07) is 3.26. The Hall–Kier alpha value is -1.78. The molecule has 0 atom stereocenters. The van der Waals surface area contributed by atoms with Crippen molar-refractivity contribution in [3.05, 3.63) is 24.2 Å². The third-order valence-electron chi connectivity index (χ3n) is 2.85. The van der Waals surface area contributed by atoms with Gasteiger partial charge in [0.15, 0.2) is 5.76 Å². The summed E-state index contributed by atoms with van der Waals surface area (Å²) in [6.07, 6.45) is 2.93. The maximum Gasteiger partial charge on any atom is 0.303 e. The lowest BCUT2D eigenvalue weighted by Gasteiger charge is -2.23. The van der Waals surface area contributed by atoms with Crippen LogP contribution in [0.4, 0.5) is 0 Å². The monoisotopic (exact) mass is 253 g/mol. The number of carboxylic acid groups (broad SMARTS) is 1. The number of furan rings is 1. The van der Waals surface area contributed by atoms with Crippen LogP contribution < -0.4 is 5.32 Å². The predicted octanol–water partition coefficient (Wildman–Crippen LogP) is 2.29. The molecule has 0 aromatic carbocycles. The molecule has 1 heterocycles. The average Bonchev–Trinajstić information content (AvgIpc) is 2.79. The lowest BCUT2D eigenvalue weighted by atomic mass is 9.84. The summed E-state index contributed by atoms with van der Waals surface area (Å²) in [4.78, 5) is 22.1. The van der Waals surface area contributed by atoms with E-state index in [1.165, 1.54) is 6.26 Å². The Kier molecular flexibility index (Phi) is 4.95. The van der Waals surface area contributed by atoms with Crippen LogP contribution in [0.1, 0.15) is 43.7 Å². The molecule has 0 radical (unpaired) electrons. The fourth-order valence-corrected chi connectivity index (χ4v) is 1.58. The number of nitrogens with one attached hydrogen (secondary N) is 1. The van der Waals surface area contributed by atoms with Crippen molar-refractivity contribution >= 4 is 11.9 Å². The second-order valence-corrected chi connectivity index (χ2v) is 5.04. The fraction of sp³-hybridized carbons (Fsp3) is 0.538. The van der Waals surface area contributed by atoms with Crippen LogP contribution in [-0.4, -0.2) is 23.5 Å². The van der Waals surface area contributed by atoms with E-state index in [4.69, 9.17) is 9.52 Å². The molecule has 0 aliphatic carbocycles. The minimum Gasteiger partial charge on any atom is -0.481 e. The minimum absolute atomic E-state index is 0.102. The van der Waals surface area contributed by atoms with Crippen molar-refractivity contribution in [3.8, 4) is 0 Å². The molecule has 100 valence electrons. The number of carbonyl (C=O) groups is 2. The smallest absolute Gasteiger partial charge is 0.303 e. The molecule has 0 unspecified atom stereocenters. The van der Waals surface area contributed by atoms with Gasteiger partial charge in [-0.25, -0.2) is 0 Å². The Balaban J connectivity index is 2.28. The first kappa shape index (κ1) is 14.3. The molecule has 1 rings (SSSR count). The Morgan fingerprint density at radius 2 is 2.11 bits per heavy atom. The second kappa shape index (κ2) is 6.23. The Bertz CT molecular complexity index is 395. The summed E-state index contributed by atoms with van der Waals surface area (Å²) in [5.74, 6) is -0.741.